The number of benzene rings is 1. The van der Waals surface area contributed by atoms with Crippen molar-refractivity contribution < 1.29 is 58.5 Å². The molecule has 0 heterocycles. The first-order chi connectivity index (χ1) is 21.5. The number of amides is 6. The first-order valence-electron chi connectivity index (χ1n) is 13.7. The third kappa shape index (κ3) is 14.3. The number of hydrogen-bond donors (Lipinski definition) is 10. The number of carboxylic acid groups (broad SMARTS) is 3. The Balaban J connectivity index is 2.84. The van der Waals surface area contributed by atoms with Gasteiger partial charge in [-0.15, -0.1) is 0 Å². The van der Waals surface area contributed by atoms with Gasteiger partial charge in [-0.2, -0.15) is 0 Å². The van der Waals surface area contributed by atoms with E-state index in [9.17, 15) is 48.3 Å². The zero-order valence-corrected chi connectivity index (χ0v) is 24.9. The second-order valence-electron chi connectivity index (χ2n) is 9.91. The Kier molecular flexibility index (Phi) is 15.8. The Labute approximate surface area is 262 Å². The van der Waals surface area contributed by atoms with Crippen LogP contribution in [-0.4, -0.2) is 112 Å². The number of aliphatic carboxylic acids is 3. The molecular formula is C27H37N7O12. The van der Waals surface area contributed by atoms with E-state index in [-0.39, 0.29) is 13.0 Å². The Hall–Kier alpha value is -5.59. The highest BCUT2D eigenvalue weighted by molar-refractivity contribution is 5.97. The molecule has 0 radical (unpaired) electrons. The van der Waals surface area contributed by atoms with Gasteiger partial charge in [-0.25, -0.2) is 0 Å². The van der Waals surface area contributed by atoms with E-state index in [0.717, 1.165) is 6.92 Å². The van der Waals surface area contributed by atoms with Crippen LogP contribution in [0.15, 0.2) is 30.3 Å². The van der Waals surface area contributed by atoms with Crippen molar-refractivity contribution in [2.24, 2.45) is 5.73 Å². The van der Waals surface area contributed by atoms with Crippen LogP contribution in [0.25, 0.3) is 0 Å². The van der Waals surface area contributed by atoms with Crippen LogP contribution in [0, 0.1) is 0 Å². The molecule has 1 aromatic carbocycles. The smallest absolute Gasteiger partial charge is 0.325 e. The van der Waals surface area contributed by atoms with Gasteiger partial charge in [0.1, 0.15) is 30.2 Å². The van der Waals surface area contributed by atoms with Gasteiger partial charge in [0, 0.05) is 6.42 Å². The highest BCUT2D eigenvalue weighted by Crippen LogP contribution is 2.04. The second-order valence-corrected chi connectivity index (χ2v) is 9.91. The van der Waals surface area contributed by atoms with Crippen LogP contribution >= 0.6 is 0 Å². The van der Waals surface area contributed by atoms with E-state index in [1.807, 2.05) is 16.0 Å². The molecule has 0 spiro atoms. The Bertz CT molecular complexity index is 1310. The molecule has 1 rings (SSSR count). The lowest BCUT2D eigenvalue weighted by Crippen LogP contribution is -2.57. The van der Waals surface area contributed by atoms with Gasteiger partial charge >= 0.3 is 17.9 Å². The van der Waals surface area contributed by atoms with Crippen molar-refractivity contribution in [2.75, 3.05) is 13.1 Å². The lowest BCUT2D eigenvalue weighted by atomic mass is 10.0. The van der Waals surface area contributed by atoms with Gasteiger partial charge < -0.3 is 53.0 Å². The standard InChI is InChI=1S/C27H37N7O12/c1-13(30-24(42)16(32-19(35)11-28)8-15-6-4-3-5-7-15)23(41)29-12-20(36)33-17(9-21(37)38)26(44)34-18(10-22(39)40)25(43)31-14(2)27(45)46/h3-7,13-14,16-18H,8-12,28H2,1-2H3,(H,29,41)(H,30,42)(H,31,43)(H,32,35)(H,33,36)(H,34,44)(H,37,38)(H,39,40)(H,45,46)/t13-,14-,16-,17-,18-/m0/s1. The van der Waals surface area contributed by atoms with Crippen molar-refractivity contribution >= 4 is 53.4 Å². The number of nitrogens with one attached hydrogen (secondary N) is 6. The maximum Gasteiger partial charge on any atom is 0.325 e. The predicted octanol–water partition coefficient (Wildman–Crippen LogP) is -4.20. The molecule has 1 aromatic rings. The summed E-state index contributed by atoms with van der Waals surface area (Å²) >= 11 is 0. The summed E-state index contributed by atoms with van der Waals surface area (Å²) in [5.41, 5.74) is 6.04. The first kappa shape index (κ1) is 38.4. The maximum atomic E-state index is 12.9. The van der Waals surface area contributed by atoms with E-state index < -0.39 is 103 Å². The number of hydrogen-bond acceptors (Lipinski definition) is 10. The van der Waals surface area contributed by atoms with Crippen molar-refractivity contribution in [1.82, 2.24) is 31.9 Å². The molecule has 0 bridgehead atoms. The van der Waals surface area contributed by atoms with Gasteiger partial charge in [0.2, 0.25) is 35.4 Å². The average molecular weight is 652 g/mol. The van der Waals surface area contributed by atoms with Crippen molar-refractivity contribution in [3.05, 3.63) is 35.9 Å². The molecule has 0 aliphatic heterocycles. The van der Waals surface area contributed by atoms with Crippen LogP contribution in [0.2, 0.25) is 0 Å². The van der Waals surface area contributed by atoms with Gasteiger partial charge in [0.05, 0.1) is 25.9 Å². The third-order valence-corrected chi connectivity index (χ3v) is 6.07. The summed E-state index contributed by atoms with van der Waals surface area (Å²) in [5, 5.41) is 40.3. The summed E-state index contributed by atoms with van der Waals surface area (Å²) in [6.45, 7) is 1.18. The highest BCUT2D eigenvalue weighted by atomic mass is 16.4. The number of carbonyl (C=O) groups excluding carboxylic acids is 6. The molecule has 0 fully saturated rings. The average Bonchev–Trinajstić information content (AvgIpc) is 2.98. The third-order valence-electron chi connectivity index (χ3n) is 6.07. The van der Waals surface area contributed by atoms with Crippen LogP contribution in [0.5, 0.6) is 0 Å². The Morgan fingerprint density at radius 3 is 1.63 bits per heavy atom. The zero-order valence-electron chi connectivity index (χ0n) is 24.9. The van der Waals surface area contributed by atoms with Crippen LogP contribution < -0.4 is 37.6 Å². The van der Waals surface area contributed by atoms with E-state index >= 15 is 0 Å². The van der Waals surface area contributed by atoms with Crippen molar-refractivity contribution in [2.45, 2.75) is 63.3 Å². The van der Waals surface area contributed by atoms with Crippen LogP contribution in [0.1, 0.15) is 32.3 Å². The normalized spacial score (nSPS) is 13.7. The molecule has 0 aliphatic rings. The molecule has 0 saturated heterocycles. The van der Waals surface area contributed by atoms with Crippen LogP contribution in [0.4, 0.5) is 0 Å². The van der Waals surface area contributed by atoms with Crippen LogP contribution in [0.3, 0.4) is 0 Å². The largest absolute Gasteiger partial charge is 0.481 e. The van der Waals surface area contributed by atoms with E-state index in [0.29, 0.717) is 5.56 Å². The van der Waals surface area contributed by atoms with Crippen molar-refractivity contribution in [3.63, 3.8) is 0 Å². The van der Waals surface area contributed by atoms with Gasteiger partial charge in [-0.3, -0.25) is 43.2 Å². The van der Waals surface area contributed by atoms with Gasteiger partial charge in [-0.1, -0.05) is 30.3 Å². The molecule has 5 atom stereocenters. The van der Waals surface area contributed by atoms with Gasteiger partial charge in [0.15, 0.2) is 0 Å². The fourth-order valence-corrected chi connectivity index (χ4v) is 3.67. The minimum atomic E-state index is -1.84. The molecule has 6 amide bonds. The molecule has 0 aliphatic carbocycles. The number of carboxylic acids is 3. The van der Waals surface area contributed by atoms with Crippen LogP contribution in [-0.2, 0) is 49.6 Å². The maximum absolute atomic E-state index is 12.9. The number of rotatable bonds is 19. The van der Waals surface area contributed by atoms with E-state index in [4.69, 9.17) is 15.9 Å². The first-order valence-corrected chi connectivity index (χ1v) is 13.7. The molecule has 11 N–H and O–H groups in total. The van der Waals surface area contributed by atoms with E-state index in [2.05, 4.69) is 16.0 Å². The van der Waals surface area contributed by atoms with Crippen molar-refractivity contribution in [3.8, 4) is 0 Å². The Morgan fingerprint density at radius 1 is 0.630 bits per heavy atom. The monoisotopic (exact) mass is 651 g/mol. The minimum absolute atomic E-state index is 0.0791. The molecule has 19 heteroatoms. The highest BCUT2D eigenvalue weighted by Gasteiger charge is 2.31. The zero-order chi connectivity index (χ0) is 35.0. The van der Waals surface area contributed by atoms with E-state index in [1.165, 1.54) is 6.92 Å². The van der Waals surface area contributed by atoms with Gasteiger partial charge in [-0.05, 0) is 19.4 Å². The molecule has 252 valence electrons. The van der Waals surface area contributed by atoms with Crippen molar-refractivity contribution in [1.29, 1.82) is 0 Å². The molecule has 46 heavy (non-hydrogen) atoms. The molecule has 0 saturated carbocycles. The minimum Gasteiger partial charge on any atom is -0.481 e. The second kappa shape index (κ2) is 18.9. The molecule has 19 nitrogen and oxygen atoms in total. The number of carbonyl (C=O) groups is 9. The molecule has 0 unspecified atom stereocenters. The lowest BCUT2D eigenvalue weighted by Gasteiger charge is -2.23. The summed E-state index contributed by atoms with van der Waals surface area (Å²) in [5.74, 6) is -10.3. The predicted molar refractivity (Wildman–Crippen MR) is 155 cm³/mol. The summed E-state index contributed by atoms with van der Waals surface area (Å²) < 4.78 is 0. The summed E-state index contributed by atoms with van der Waals surface area (Å²) in [4.78, 5) is 108. The molecule has 0 aromatic heterocycles. The quantitative estimate of drug-likeness (QED) is 0.0679. The fraction of sp³-hybridized carbons (Fsp3) is 0.444. The SMILES string of the molecule is C[C@H](NC(=O)[C@H](CC(=O)O)NC(=O)[C@H](CC(=O)O)NC(=O)CNC(=O)[C@H](C)NC(=O)[C@H](Cc1ccccc1)NC(=O)CN)C(=O)O. The summed E-state index contributed by atoms with van der Waals surface area (Å²) in [6, 6.07) is 1.23. The van der Waals surface area contributed by atoms with E-state index in [1.54, 1.807) is 30.3 Å². The Morgan fingerprint density at radius 2 is 1.11 bits per heavy atom. The topological polar surface area (TPSA) is 313 Å². The van der Waals surface area contributed by atoms with Gasteiger partial charge in [0.25, 0.3) is 0 Å². The number of nitrogens with two attached hydrogens (primary N) is 1. The fourth-order valence-electron chi connectivity index (χ4n) is 3.67. The summed E-state index contributed by atoms with van der Waals surface area (Å²) in [6.07, 6.45) is -1.93. The summed E-state index contributed by atoms with van der Waals surface area (Å²) in [7, 11) is 0. The lowest BCUT2D eigenvalue weighted by molar-refractivity contribution is -0.144. The molecular weight excluding hydrogens is 614 g/mol.